The first kappa shape index (κ1) is 33.2. The van der Waals surface area contributed by atoms with Gasteiger partial charge in [-0.2, -0.15) is 0 Å². The lowest BCUT2D eigenvalue weighted by atomic mass is 10.0. The number of halogens is 1. The molecule has 0 radical (unpaired) electrons. The Balaban J connectivity index is 1.57. The van der Waals surface area contributed by atoms with Crippen molar-refractivity contribution in [1.29, 1.82) is 0 Å². The second-order valence-electron chi connectivity index (χ2n) is 12.0. The molecule has 0 saturated heterocycles. The van der Waals surface area contributed by atoms with Crippen molar-refractivity contribution in [2.75, 3.05) is 10.8 Å². The van der Waals surface area contributed by atoms with Crippen LogP contribution >= 0.6 is 11.6 Å². The topological polar surface area (TPSA) is 86.8 Å². The maximum Gasteiger partial charge on any atom is 0.264 e. The second-order valence-corrected chi connectivity index (χ2v) is 14.3. The number of carbonyl (C=O) groups excluding carboxylic acids is 2. The predicted molar refractivity (Wildman–Crippen MR) is 183 cm³/mol. The summed E-state index contributed by atoms with van der Waals surface area (Å²) in [6, 6.07) is 29.6. The quantitative estimate of drug-likeness (QED) is 0.181. The van der Waals surface area contributed by atoms with Crippen LogP contribution in [0.1, 0.15) is 47.9 Å². The molecule has 1 aliphatic rings. The van der Waals surface area contributed by atoms with E-state index in [1.807, 2.05) is 68.4 Å². The molecule has 1 N–H and O–H groups in total. The van der Waals surface area contributed by atoms with Gasteiger partial charge in [-0.25, -0.2) is 8.42 Å². The van der Waals surface area contributed by atoms with Crippen LogP contribution in [0, 0.1) is 13.8 Å². The maximum absolute atomic E-state index is 14.6. The minimum absolute atomic E-state index is 0.0378. The van der Waals surface area contributed by atoms with Gasteiger partial charge in [-0.15, -0.1) is 0 Å². The Hall–Kier alpha value is -4.14. The lowest BCUT2D eigenvalue weighted by Gasteiger charge is -2.34. The molecular weight excluding hydrogens is 618 g/mol. The van der Waals surface area contributed by atoms with Gasteiger partial charge >= 0.3 is 0 Å². The first-order chi connectivity index (χ1) is 22.1. The highest BCUT2D eigenvalue weighted by molar-refractivity contribution is 7.92. The van der Waals surface area contributed by atoms with E-state index in [0.29, 0.717) is 0 Å². The second kappa shape index (κ2) is 15.0. The standard InChI is InChI=1S/C37H40ClN3O4S/c1-27-19-21-32(22-20-27)46(44,45)41(34-18-9-8-17-33(34)38)26-36(42)40(25-30-14-10-11-28(2)23-30)35(24-29-12-4-3-5-13-29)37(43)39-31-15-6-7-16-31/h3-5,8-14,17-23,31,35H,6-7,15-16,24-26H2,1-2H3,(H,39,43)/t35-/m1/s1. The number of nitrogens with one attached hydrogen (secondary N) is 1. The smallest absolute Gasteiger partial charge is 0.264 e. The lowest BCUT2D eigenvalue weighted by molar-refractivity contribution is -0.140. The van der Waals surface area contributed by atoms with Crippen LogP contribution in [0.5, 0.6) is 0 Å². The number of anilines is 1. The van der Waals surface area contributed by atoms with Crippen molar-refractivity contribution in [3.63, 3.8) is 0 Å². The fraction of sp³-hybridized carbons (Fsp3) is 0.297. The molecule has 0 aliphatic heterocycles. The van der Waals surface area contributed by atoms with E-state index < -0.39 is 28.5 Å². The Morgan fingerprint density at radius 2 is 1.48 bits per heavy atom. The van der Waals surface area contributed by atoms with Gasteiger partial charge in [0, 0.05) is 19.0 Å². The van der Waals surface area contributed by atoms with Crippen molar-refractivity contribution in [1.82, 2.24) is 10.2 Å². The van der Waals surface area contributed by atoms with Crippen LogP contribution < -0.4 is 9.62 Å². The Kier molecular flexibility index (Phi) is 10.8. The molecule has 0 heterocycles. The van der Waals surface area contributed by atoms with E-state index in [4.69, 9.17) is 11.6 Å². The third-order valence-electron chi connectivity index (χ3n) is 8.42. The van der Waals surface area contributed by atoms with Gasteiger partial charge in [0.2, 0.25) is 11.8 Å². The molecule has 1 saturated carbocycles. The molecule has 1 atom stereocenters. The van der Waals surface area contributed by atoms with E-state index in [2.05, 4.69) is 5.32 Å². The molecule has 9 heteroatoms. The number of benzene rings is 4. The summed E-state index contributed by atoms with van der Waals surface area (Å²) in [5, 5.41) is 3.39. The third-order valence-corrected chi connectivity index (χ3v) is 10.5. The number of rotatable bonds is 12. The van der Waals surface area contributed by atoms with Crippen molar-refractivity contribution >= 4 is 39.1 Å². The number of carbonyl (C=O) groups is 2. The highest BCUT2D eigenvalue weighted by Gasteiger charge is 2.36. The molecule has 0 aromatic heterocycles. The van der Waals surface area contributed by atoms with Gasteiger partial charge in [0.05, 0.1) is 15.6 Å². The fourth-order valence-corrected chi connectivity index (χ4v) is 7.65. The van der Waals surface area contributed by atoms with Crippen LogP contribution in [0.15, 0.2) is 108 Å². The van der Waals surface area contributed by atoms with E-state index >= 15 is 0 Å². The average molecular weight is 658 g/mol. The van der Waals surface area contributed by atoms with Gasteiger partial charge in [-0.05, 0) is 62.1 Å². The monoisotopic (exact) mass is 657 g/mol. The minimum Gasteiger partial charge on any atom is -0.352 e. The van der Waals surface area contributed by atoms with E-state index in [1.165, 1.54) is 17.0 Å². The molecule has 4 aromatic rings. The molecule has 46 heavy (non-hydrogen) atoms. The molecule has 0 spiro atoms. The Morgan fingerprint density at radius 1 is 0.826 bits per heavy atom. The summed E-state index contributed by atoms with van der Waals surface area (Å²) in [5.41, 5.74) is 3.83. The average Bonchev–Trinajstić information content (AvgIpc) is 3.55. The SMILES string of the molecule is Cc1ccc(S(=O)(=O)N(CC(=O)N(Cc2cccc(C)c2)[C@H](Cc2ccccc2)C(=O)NC2CCCC2)c2ccccc2Cl)cc1. The molecule has 0 unspecified atom stereocenters. The van der Waals surface area contributed by atoms with Gasteiger partial charge in [0.15, 0.2) is 0 Å². The van der Waals surface area contributed by atoms with Crippen molar-refractivity contribution in [3.8, 4) is 0 Å². The number of hydrogen-bond donors (Lipinski definition) is 1. The van der Waals surface area contributed by atoms with Crippen LogP contribution in [-0.2, 0) is 32.6 Å². The lowest BCUT2D eigenvalue weighted by Crippen LogP contribution is -2.54. The van der Waals surface area contributed by atoms with Crippen LogP contribution in [0.2, 0.25) is 5.02 Å². The Bertz CT molecular complexity index is 1760. The first-order valence-corrected chi connectivity index (χ1v) is 17.5. The van der Waals surface area contributed by atoms with Crippen molar-refractivity contribution < 1.29 is 18.0 Å². The highest BCUT2D eigenvalue weighted by Crippen LogP contribution is 2.31. The van der Waals surface area contributed by atoms with Crippen molar-refractivity contribution in [2.24, 2.45) is 0 Å². The number of nitrogens with zero attached hydrogens (tertiary/aromatic N) is 2. The summed E-state index contributed by atoms with van der Waals surface area (Å²) < 4.78 is 29.5. The van der Waals surface area contributed by atoms with Crippen molar-refractivity contribution in [2.45, 2.75) is 69.5 Å². The molecule has 240 valence electrons. The molecule has 5 rings (SSSR count). The zero-order valence-electron chi connectivity index (χ0n) is 26.2. The minimum atomic E-state index is -4.22. The van der Waals surface area contributed by atoms with Crippen LogP contribution in [0.25, 0.3) is 0 Å². The summed E-state index contributed by atoms with van der Waals surface area (Å²) >= 11 is 6.57. The van der Waals surface area contributed by atoms with E-state index in [0.717, 1.165) is 52.2 Å². The number of aryl methyl sites for hydroxylation is 2. The van der Waals surface area contributed by atoms with E-state index in [9.17, 15) is 18.0 Å². The van der Waals surface area contributed by atoms with Gasteiger partial charge in [0.1, 0.15) is 12.6 Å². The Morgan fingerprint density at radius 3 is 2.15 bits per heavy atom. The molecule has 0 bridgehead atoms. The van der Waals surface area contributed by atoms with Gasteiger partial charge in [-0.3, -0.25) is 13.9 Å². The molecule has 7 nitrogen and oxygen atoms in total. The van der Waals surface area contributed by atoms with Crippen molar-refractivity contribution in [3.05, 3.63) is 130 Å². The van der Waals surface area contributed by atoms with Gasteiger partial charge < -0.3 is 10.2 Å². The molecule has 4 aromatic carbocycles. The molecule has 2 amide bonds. The summed E-state index contributed by atoms with van der Waals surface area (Å²) in [6.45, 7) is 3.42. The maximum atomic E-state index is 14.6. The zero-order chi connectivity index (χ0) is 32.7. The van der Waals surface area contributed by atoms with Crippen LogP contribution in [0.3, 0.4) is 0 Å². The number of para-hydroxylation sites is 1. The van der Waals surface area contributed by atoms with Gasteiger partial charge in [0.25, 0.3) is 10.0 Å². The van der Waals surface area contributed by atoms with Crippen LogP contribution in [0.4, 0.5) is 5.69 Å². The third kappa shape index (κ3) is 8.17. The van der Waals surface area contributed by atoms with Crippen LogP contribution in [-0.4, -0.2) is 43.8 Å². The normalized spacial score (nSPS) is 14.1. The number of amides is 2. The van der Waals surface area contributed by atoms with Gasteiger partial charge in [-0.1, -0.05) is 114 Å². The van der Waals surface area contributed by atoms with E-state index in [1.54, 1.807) is 36.4 Å². The summed E-state index contributed by atoms with van der Waals surface area (Å²) in [6.07, 6.45) is 4.15. The first-order valence-electron chi connectivity index (χ1n) is 15.6. The highest BCUT2D eigenvalue weighted by atomic mass is 35.5. The number of hydrogen-bond acceptors (Lipinski definition) is 4. The fourth-order valence-electron chi connectivity index (χ4n) is 5.93. The molecular formula is C37H40ClN3O4S. The Labute approximate surface area is 277 Å². The largest absolute Gasteiger partial charge is 0.352 e. The molecule has 1 aliphatic carbocycles. The summed E-state index contributed by atoms with van der Waals surface area (Å²) in [5.74, 6) is -0.762. The predicted octanol–water partition coefficient (Wildman–Crippen LogP) is 6.85. The summed E-state index contributed by atoms with van der Waals surface area (Å²) in [4.78, 5) is 30.3. The number of sulfonamides is 1. The summed E-state index contributed by atoms with van der Waals surface area (Å²) in [7, 11) is -4.22. The van der Waals surface area contributed by atoms with E-state index in [-0.39, 0.29) is 40.5 Å². The molecule has 1 fully saturated rings. The zero-order valence-corrected chi connectivity index (χ0v) is 27.8.